The van der Waals surface area contributed by atoms with Gasteiger partial charge >= 0.3 is 12.1 Å². The Hall–Kier alpha value is -3.40. The van der Waals surface area contributed by atoms with E-state index in [1.54, 1.807) is 12.1 Å². The van der Waals surface area contributed by atoms with Crippen LogP contribution in [0.5, 0.6) is 0 Å². The number of aliphatic carboxylic acids is 1. The first-order valence-corrected chi connectivity index (χ1v) is 12.3. The molecule has 0 aromatic heterocycles. The third-order valence-corrected chi connectivity index (χ3v) is 6.93. The first-order valence-electron chi connectivity index (χ1n) is 12.3. The normalized spacial score (nSPS) is 20.1. The van der Waals surface area contributed by atoms with Gasteiger partial charge < -0.3 is 21.1 Å². The van der Waals surface area contributed by atoms with E-state index in [4.69, 9.17) is 15.6 Å². The van der Waals surface area contributed by atoms with E-state index in [0.29, 0.717) is 18.0 Å². The molecule has 1 heterocycles. The molecule has 200 valence electrons. The number of piperidine rings is 1. The highest BCUT2D eigenvalue weighted by molar-refractivity contribution is 5.98. The average molecular weight is 520 g/mol. The van der Waals surface area contributed by atoms with Gasteiger partial charge in [0.2, 0.25) is 5.91 Å². The van der Waals surface area contributed by atoms with Gasteiger partial charge in [0.05, 0.1) is 0 Å². The van der Waals surface area contributed by atoms with E-state index in [0.717, 1.165) is 36.6 Å². The van der Waals surface area contributed by atoms with E-state index in [2.05, 4.69) is 5.32 Å². The number of alkyl halides is 3. The third kappa shape index (κ3) is 7.79. The number of carbonyl (C=O) groups excluding carboxylic acids is 2. The predicted molar refractivity (Wildman–Crippen MR) is 131 cm³/mol. The van der Waals surface area contributed by atoms with Crippen molar-refractivity contribution in [3.05, 3.63) is 71.3 Å². The van der Waals surface area contributed by atoms with Gasteiger partial charge in [-0.1, -0.05) is 61.7 Å². The minimum Gasteiger partial charge on any atom is -0.475 e. The maximum atomic E-state index is 13.6. The summed E-state index contributed by atoms with van der Waals surface area (Å²) in [5.74, 6) is -1.66. The lowest BCUT2D eigenvalue weighted by molar-refractivity contribution is -0.192. The van der Waals surface area contributed by atoms with Crippen LogP contribution in [0.15, 0.2) is 54.6 Å². The van der Waals surface area contributed by atoms with Gasteiger partial charge in [0.1, 0.15) is 6.04 Å². The van der Waals surface area contributed by atoms with Crippen LogP contribution < -0.4 is 11.1 Å². The molecule has 2 unspecified atom stereocenters. The minimum atomic E-state index is -5.08. The van der Waals surface area contributed by atoms with Crippen LogP contribution in [0.1, 0.15) is 59.6 Å². The van der Waals surface area contributed by atoms with E-state index in [1.165, 1.54) is 25.7 Å². The fourth-order valence-electron chi connectivity index (χ4n) is 4.97. The number of carboxylic acids is 1. The molecular formula is C27H32F3N3O4. The standard InChI is InChI=1S/C25H31N3O2.C2HF3O2/c26-16-18-7-6-12-21(15-18)24(29)27-23(20-9-2-1-3-10-20)25(30)28-14-13-19-8-4-5-11-22(19)17-28;3-2(4,5)1(6)7/h1-3,6-7,9-10,12,15,19,22-23H,4-5,8,11,13-14,16-17,26H2,(H,27,29);(H,6,7)/t19?,22?,23-;/m1./s1. The van der Waals surface area contributed by atoms with Crippen molar-refractivity contribution in [3.63, 3.8) is 0 Å². The van der Waals surface area contributed by atoms with Crippen molar-refractivity contribution in [2.24, 2.45) is 17.6 Å². The largest absolute Gasteiger partial charge is 0.490 e. The molecular weight excluding hydrogens is 487 g/mol. The second-order valence-electron chi connectivity index (χ2n) is 9.40. The number of amides is 2. The van der Waals surface area contributed by atoms with Crippen LogP contribution >= 0.6 is 0 Å². The maximum absolute atomic E-state index is 13.6. The fourth-order valence-corrected chi connectivity index (χ4v) is 4.97. The van der Waals surface area contributed by atoms with Gasteiger partial charge in [-0.2, -0.15) is 13.2 Å². The zero-order chi connectivity index (χ0) is 27.0. The number of nitrogens with one attached hydrogen (secondary N) is 1. The summed E-state index contributed by atoms with van der Waals surface area (Å²) in [6, 6.07) is 16.1. The van der Waals surface area contributed by atoms with Gasteiger partial charge in [0, 0.05) is 25.2 Å². The summed E-state index contributed by atoms with van der Waals surface area (Å²) in [7, 11) is 0. The molecule has 1 saturated carbocycles. The molecule has 0 bridgehead atoms. The highest BCUT2D eigenvalue weighted by Crippen LogP contribution is 2.36. The van der Waals surface area contributed by atoms with Gasteiger partial charge in [-0.15, -0.1) is 0 Å². The van der Waals surface area contributed by atoms with Crippen LogP contribution in [-0.2, 0) is 16.1 Å². The number of hydrogen-bond donors (Lipinski definition) is 3. The van der Waals surface area contributed by atoms with Crippen LogP contribution in [0, 0.1) is 11.8 Å². The molecule has 3 atom stereocenters. The number of hydrogen-bond acceptors (Lipinski definition) is 4. The van der Waals surface area contributed by atoms with Crippen LogP contribution in [-0.4, -0.2) is 47.1 Å². The molecule has 4 rings (SSSR count). The van der Waals surface area contributed by atoms with E-state index in [1.807, 2.05) is 47.4 Å². The quantitative estimate of drug-likeness (QED) is 0.546. The van der Waals surface area contributed by atoms with Crippen LogP contribution in [0.4, 0.5) is 13.2 Å². The summed E-state index contributed by atoms with van der Waals surface area (Å²) in [5, 5.41) is 10.1. The highest BCUT2D eigenvalue weighted by atomic mass is 19.4. The van der Waals surface area contributed by atoms with E-state index >= 15 is 0 Å². The van der Waals surface area contributed by atoms with Crippen LogP contribution in [0.25, 0.3) is 0 Å². The zero-order valence-corrected chi connectivity index (χ0v) is 20.4. The Morgan fingerprint density at radius 2 is 1.65 bits per heavy atom. The highest BCUT2D eigenvalue weighted by Gasteiger charge is 2.38. The summed E-state index contributed by atoms with van der Waals surface area (Å²) >= 11 is 0. The number of carbonyl (C=O) groups is 3. The smallest absolute Gasteiger partial charge is 0.475 e. The molecule has 0 spiro atoms. The molecule has 4 N–H and O–H groups in total. The fraction of sp³-hybridized carbons (Fsp3) is 0.444. The summed E-state index contributed by atoms with van der Waals surface area (Å²) in [6.45, 7) is 1.96. The van der Waals surface area contributed by atoms with Gasteiger partial charge in [0.15, 0.2) is 0 Å². The van der Waals surface area contributed by atoms with Crippen molar-refractivity contribution in [3.8, 4) is 0 Å². The summed E-state index contributed by atoms with van der Waals surface area (Å²) in [4.78, 5) is 37.4. The molecule has 1 saturated heterocycles. The molecule has 0 radical (unpaired) electrons. The van der Waals surface area contributed by atoms with Crippen molar-refractivity contribution in [2.75, 3.05) is 13.1 Å². The molecule has 2 amide bonds. The zero-order valence-electron chi connectivity index (χ0n) is 20.4. The summed E-state index contributed by atoms with van der Waals surface area (Å²) in [5.41, 5.74) is 7.95. The molecule has 1 aliphatic carbocycles. The molecule has 2 aliphatic rings. The first kappa shape index (κ1) is 28.2. The summed E-state index contributed by atoms with van der Waals surface area (Å²) < 4.78 is 31.7. The molecule has 2 aromatic carbocycles. The Kier molecular flexibility index (Phi) is 9.68. The number of rotatable bonds is 5. The summed E-state index contributed by atoms with van der Waals surface area (Å²) in [6.07, 6.45) is 1.08. The van der Waals surface area contributed by atoms with Crippen molar-refractivity contribution in [1.29, 1.82) is 0 Å². The minimum absolute atomic E-state index is 0.00597. The number of halogens is 3. The molecule has 2 aromatic rings. The number of nitrogens with zero attached hydrogens (tertiary/aromatic N) is 1. The Morgan fingerprint density at radius 3 is 2.27 bits per heavy atom. The molecule has 2 fully saturated rings. The van der Waals surface area contributed by atoms with Gasteiger partial charge in [-0.25, -0.2) is 4.79 Å². The number of benzene rings is 2. The van der Waals surface area contributed by atoms with E-state index < -0.39 is 18.2 Å². The molecule has 10 heteroatoms. The van der Waals surface area contributed by atoms with Crippen molar-refractivity contribution >= 4 is 17.8 Å². The Labute approximate surface area is 213 Å². The average Bonchev–Trinajstić information content (AvgIpc) is 2.91. The lowest BCUT2D eigenvalue weighted by Crippen LogP contribution is -2.49. The number of nitrogens with two attached hydrogens (primary N) is 1. The molecule has 7 nitrogen and oxygen atoms in total. The lowest BCUT2D eigenvalue weighted by atomic mass is 9.75. The molecule has 1 aliphatic heterocycles. The van der Waals surface area contributed by atoms with Crippen LogP contribution in [0.3, 0.4) is 0 Å². The van der Waals surface area contributed by atoms with E-state index in [-0.39, 0.29) is 11.8 Å². The van der Waals surface area contributed by atoms with E-state index in [9.17, 15) is 22.8 Å². The third-order valence-electron chi connectivity index (χ3n) is 6.93. The van der Waals surface area contributed by atoms with Crippen molar-refractivity contribution in [1.82, 2.24) is 10.2 Å². The topological polar surface area (TPSA) is 113 Å². The van der Waals surface area contributed by atoms with Crippen molar-refractivity contribution < 1.29 is 32.7 Å². The Balaban J connectivity index is 0.000000479. The number of fused-ring (bicyclic) bond motifs is 1. The predicted octanol–water partition coefficient (Wildman–Crippen LogP) is 4.29. The van der Waals surface area contributed by atoms with Gasteiger partial charge in [-0.05, 0) is 47.9 Å². The van der Waals surface area contributed by atoms with Crippen LogP contribution in [0.2, 0.25) is 0 Å². The van der Waals surface area contributed by atoms with Gasteiger partial charge in [-0.3, -0.25) is 9.59 Å². The Bertz CT molecular complexity index is 1080. The maximum Gasteiger partial charge on any atom is 0.490 e. The number of likely N-dealkylation sites (tertiary alicyclic amines) is 1. The Morgan fingerprint density at radius 1 is 1.00 bits per heavy atom. The number of carboxylic acid groups (broad SMARTS) is 1. The molecule has 37 heavy (non-hydrogen) atoms. The monoisotopic (exact) mass is 519 g/mol. The van der Waals surface area contributed by atoms with Crippen molar-refractivity contribution in [2.45, 2.75) is 50.9 Å². The SMILES string of the molecule is NCc1cccc(C(=O)N[C@@H](C(=O)N2CCC3CCCCC3C2)c2ccccc2)c1.O=C(O)C(F)(F)F. The second kappa shape index (κ2) is 12.7. The lowest BCUT2D eigenvalue weighted by Gasteiger charge is -2.42. The first-order chi connectivity index (χ1) is 17.6. The van der Waals surface area contributed by atoms with Gasteiger partial charge in [0.25, 0.3) is 5.91 Å². The second-order valence-corrected chi connectivity index (χ2v) is 9.40.